The summed E-state index contributed by atoms with van der Waals surface area (Å²) in [6, 6.07) is 0. The highest BCUT2D eigenvalue weighted by Gasteiger charge is 2.80. The molecule has 2 saturated heterocycles. The molecular formula is C39H59N3O7. The first-order valence-electron chi connectivity index (χ1n) is 19.2. The van der Waals surface area contributed by atoms with Crippen LogP contribution in [0.15, 0.2) is 12.4 Å². The summed E-state index contributed by atoms with van der Waals surface area (Å²) in [5.41, 5.74) is -0.0379. The zero-order valence-corrected chi connectivity index (χ0v) is 30.8. The molecule has 1 aromatic rings. The van der Waals surface area contributed by atoms with Gasteiger partial charge < -0.3 is 33.5 Å². The van der Waals surface area contributed by atoms with E-state index in [1.165, 1.54) is 45.4 Å². The minimum atomic E-state index is -1.16. The summed E-state index contributed by atoms with van der Waals surface area (Å²) in [5, 5.41) is 10.9. The molecule has 10 nitrogen and oxygen atoms in total. The Kier molecular flexibility index (Phi) is 8.00. The quantitative estimate of drug-likeness (QED) is 0.392. The van der Waals surface area contributed by atoms with Crippen molar-refractivity contribution in [3.05, 3.63) is 18.2 Å². The number of nitrogens with zero attached hydrogens (tertiary/aromatic N) is 3. The van der Waals surface area contributed by atoms with Gasteiger partial charge in [-0.25, -0.2) is 4.98 Å². The van der Waals surface area contributed by atoms with Gasteiger partial charge in [-0.05, 0) is 123 Å². The Morgan fingerprint density at radius 3 is 2.53 bits per heavy atom. The Labute approximate surface area is 291 Å². The van der Waals surface area contributed by atoms with Crippen LogP contribution in [0.3, 0.4) is 0 Å². The minimum absolute atomic E-state index is 0.0195. The van der Waals surface area contributed by atoms with Gasteiger partial charge in [0.1, 0.15) is 0 Å². The molecule has 5 saturated carbocycles. The van der Waals surface area contributed by atoms with Crippen molar-refractivity contribution in [2.75, 3.05) is 19.7 Å². The summed E-state index contributed by atoms with van der Waals surface area (Å²) in [6.45, 7) is 13.8. The molecular weight excluding hydrogens is 622 g/mol. The largest absolute Gasteiger partial charge is 0.457 e. The zero-order chi connectivity index (χ0) is 34.7. The molecule has 1 amide bonds. The second-order valence-corrected chi connectivity index (χ2v) is 18.6. The van der Waals surface area contributed by atoms with Gasteiger partial charge in [0, 0.05) is 32.9 Å². The molecule has 3 heterocycles. The van der Waals surface area contributed by atoms with Crippen LogP contribution in [0.1, 0.15) is 116 Å². The normalized spacial score (nSPS) is 44.4. The summed E-state index contributed by atoms with van der Waals surface area (Å²) in [5.74, 6) is 2.55. The van der Waals surface area contributed by atoms with Gasteiger partial charge in [0.2, 0.25) is 0 Å². The second-order valence-electron chi connectivity index (χ2n) is 18.6. The number of carbonyl (C=O) groups is 2. The van der Waals surface area contributed by atoms with Crippen molar-refractivity contribution in [3.8, 4) is 0 Å². The molecule has 5 aliphatic carbocycles. The minimum Gasteiger partial charge on any atom is -0.457 e. The fraction of sp³-hybridized carbons (Fsp3) is 0.872. The number of imidazole rings is 1. The summed E-state index contributed by atoms with van der Waals surface area (Å²) in [6.07, 6.45) is 14.1. The van der Waals surface area contributed by atoms with E-state index in [2.05, 4.69) is 25.8 Å². The number of esters is 1. The summed E-state index contributed by atoms with van der Waals surface area (Å²) in [7, 11) is 1.85. The number of carbonyl (C=O) groups excluding carboxylic acids is 2. The standard InChI is InChI=1S/C39H59N3O7/c1-23(43)47-32(36(4,5)45)27-10-8-25-28(48-27)20-26-24-9-11-29-35(2,3)30(12-13-39(29)22-38(24,39)15-14-37(25,26)6)49-31-21-42(18-19-46-31)34(44)33-40-16-17-41(33)7/h16-17,24-32,45H,8-15,18-22H2,1-7H3/t24?,25?,26?,27?,28?,29?,30-,31?,32-,37+,38-,39+/m0/s1. The van der Waals surface area contributed by atoms with E-state index in [1.807, 2.05) is 11.9 Å². The average Bonchev–Trinajstić information content (AvgIpc) is 3.34. The number of fused-ring (bicyclic) bond motifs is 4. The van der Waals surface area contributed by atoms with Crippen LogP contribution in [0.2, 0.25) is 0 Å². The van der Waals surface area contributed by atoms with Crippen molar-refractivity contribution >= 4 is 11.9 Å². The Balaban J connectivity index is 0.953. The number of aliphatic hydroxyl groups is 1. The number of aromatic nitrogens is 2. The van der Waals surface area contributed by atoms with Crippen LogP contribution in [0.5, 0.6) is 0 Å². The van der Waals surface area contributed by atoms with Crippen molar-refractivity contribution in [2.24, 2.45) is 52.4 Å². The van der Waals surface area contributed by atoms with Gasteiger partial charge in [-0.2, -0.15) is 0 Å². The van der Waals surface area contributed by atoms with Gasteiger partial charge >= 0.3 is 5.97 Å². The topological polar surface area (TPSA) is 112 Å². The van der Waals surface area contributed by atoms with Crippen molar-refractivity contribution in [2.45, 2.75) is 142 Å². The smallest absolute Gasteiger partial charge is 0.303 e. The van der Waals surface area contributed by atoms with Crippen LogP contribution in [0, 0.1) is 45.3 Å². The van der Waals surface area contributed by atoms with Gasteiger partial charge in [-0.15, -0.1) is 0 Å². The maximum absolute atomic E-state index is 13.2. The Hall–Kier alpha value is -2.01. The molecule has 1 N–H and O–H groups in total. The van der Waals surface area contributed by atoms with Crippen LogP contribution in [0.25, 0.3) is 0 Å². The number of hydrogen-bond acceptors (Lipinski definition) is 8. The fourth-order valence-corrected chi connectivity index (χ4v) is 13.4. The average molecular weight is 682 g/mol. The van der Waals surface area contributed by atoms with Crippen molar-refractivity contribution < 1.29 is 33.6 Å². The van der Waals surface area contributed by atoms with Gasteiger partial charge in [-0.1, -0.05) is 20.8 Å². The first-order valence-corrected chi connectivity index (χ1v) is 19.2. The number of amides is 1. The lowest BCUT2D eigenvalue weighted by Gasteiger charge is -2.60. The molecule has 0 bridgehead atoms. The first kappa shape index (κ1) is 34.1. The van der Waals surface area contributed by atoms with Gasteiger partial charge in [0.15, 0.2) is 18.2 Å². The predicted molar refractivity (Wildman–Crippen MR) is 181 cm³/mol. The SMILES string of the molecule is CC(=O)O[C@@H](C1CCC2C(CC3C4CCC5C(C)(C)[C@@H](OC6CN(C(=O)c7nccn7C)CCO6)CC[C@@]56C[C@@]46CC[C@]23C)O1)C(C)(C)O. The van der Waals surface area contributed by atoms with E-state index in [1.54, 1.807) is 30.8 Å². The number of hydrogen-bond donors (Lipinski definition) is 1. The molecule has 7 fully saturated rings. The molecule has 8 rings (SSSR count). The zero-order valence-electron chi connectivity index (χ0n) is 30.8. The lowest BCUT2D eigenvalue weighted by molar-refractivity contribution is -0.241. The number of rotatable bonds is 6. The monoisotopic (exact) mass is 681 g/mol. The Morgan fingerprint density at radius 1 is 1.04 bits per heavy atom. The molecule has 1 aromatic heterocycles. The van der Waals surface area contributed by atoms with Gasteiger partial charge in [0.05, 0.1) is 37.1 Å². The molecule has 2 spiro atoms. The van der Waals surface area contributed by atoms with Crippen LogP contribution in [-0.4, -0.2) is 87.4 Å². The predicted octanol–water partition coefficient (Wildman–Crippen LogP) is 5.51. The number of ether oxygens (including phenoxy) is 4. The van der Waals surface area contributed by atoms with E-state index in [0.29, 0.717) is 54.1 Å². The van der Waals surface area contributed by atoms with Crippen LogP contribution < -0.4 is 0 Å². The number of aryl methyl sites for hydroxylation is 1. The lowest BCUT2D eigenvalue weighted by atomic mass is 9.46. The highest BCUT2D eigenvalue weighted by Crippen LogP contribution is 2.87. The molecule has 272 valence electrons. The maximum atomic E-state index is 13.2. The summed E-state index contributed by atoms with van der Waals surface area (Å²) >= 11 is 0. The van der Waals surface area contributed by atoms with Crippen molar-refractivity contribution in [3.63, 3.8) is 0 Å². The molecule has 10 heteroatoms. The molecule has 2 aliphatic heterocycles. The van der Waals surface area contributed by atoms with E-state index in [0.717, 1.165) is 31.6 Å². The van der Waals surface area contributed by atoms with Gasteiger partial charge in [0.25, 0.3) is 5.91 Å². The number of morpholine rings is 1. The third-order valence-electron chi connectivity index (χ3n) is 15.5. The van der Waals surface area contributed by atoms with Crippen molar-refractivity contribution in [1.29, 1.82) is 0 Å². The van der Waals surface area contributed by atoms with Crippen LogP contribution >= 0.6 is 0 Å². The summed E-state index contributed by atoms with van der Waals surface area (Å²) in [4.78, 5) is 31.3. The molecule has 7 aliphatic rings. The van der Waals surface area contributed by atoms with E-state index in [4.69, 9.17) is 18.9 Å². The Bertz CT molecular complexity index is 1470. The maximum Gasteiger partial charge on any atom is 0.303 e. The lowest BCUT2D eigenvalue weighted by Crippen LogP contribution is -2.56. The van der Waals surface area contributed by atoms with E-state index < -0.39 is 18.0 Å². The van der Waals surface area contributed by atoms with E-state index in [-0.39, 0.29) is 41.0 Å². The van der Waals surface area contributed by atoms with Crippen LogP contribution in [-0.2, 0) is 30.8 Å². The van der Waals surface area contributed by atoms with Crippen LogP contribution in [0.4, 0.5) is 0 Å². The molecule has 0 aromatic carbocycles. The fourth-order valence-electron chi connectivity index (χ4n) is 13.4. The first-order chi connectivity index (χ1) is 23.1. The third kappa shape index (κ3) is 5.11. The van der Waals surface area contributed by atoms with Gasteiger partial charge in [-0.3, -0.25) is 9.59 Å². The summed E-state index contributed by atoms with van der Waals surface area (Å²) < 4.78 is 27.3. The highest BCUT2D eigenvalue weighted by atomic mass is 16.7. The molecule has 49 heavy (non-hydrogen) atoms. The van der Waals surface area contributed by atoms with E-state index in [9.17, 15) is 14.7 Å². The van der Waals surface area contributed by atoms with Crippen molar-refractivity contribution in [1.82, 2.24) is 14.5 Å². The highest BCUT2D eigenvalue weighted by molar-refractivity contribution is 5.90. The van der Waals surface area contributed by atoms with E-state index >= 15 is 0 Å². The Morgan fingerprint density at radius 2 is 1.82 bits per heavy atom. The molecule has 7 unspecified atom stereocenters. The molecule has 12 atom stereocenters. The third-order valence-corrected chi connectivity index (χ3v) is 15.5. The molecule has 0 radical (unpaired) electrons. The second kappa shape index (κ2) is 11.5.